The Labute approximate surface area is 173 Å². The third-order valence-electron chi connectivity index (χ3n) is 4.66. The van der Waals surface area contributed by atoms with Crippen molar-refractivity contribution in [2.24, 2.45) is 0 Å². The topological polar surface area (TPSA) is 56.1 Å². The molecule has 0 radical (unpaired) electrons. The number of carbonyl (C=O) groups excluding carboxylic acids is 1. The molecule has 0 saturated carbocycles. The number of imidazole rings is 1. The van der Waals surface area contributed by atoms with Crippen LogP contribution in [0.1, 0.15) is 11.4 Å². The third kappa shape index (κ3) is 4.41. The van der Waals surface area contributed by atoms with Crippen LogP contribution in [0.25, 0.3) is 11.0 Å². The van der Waals surface area contributed by atoms with Crippen molar-refractivity contribution in [3.8, 4) is 5.75 Å². The zero-order valence-corrected chi connectivity index (χ0v) is 16.7. The molecule has 1 amide bonds. The maximum atomic E-state index is 12.8. The second-order valence-electron chi connectivity index (χ2n) is 6.69. The largest absolute Gasteiger partial charge is 0.497 e. The molecule has 29 heavy (non-hydrogen) atoms. The molecule has 0 saturated heterocycles. The molecule has 146 valence electrons. The Hall–Kier alpha value is -3.31. The van der Waals surface area contributed by atoms with Crippen LogP contribution < -0.4 is 10.1 Å². The number of aromatic nitrogens is 2. The lowest BCUT2D eigenvalue weighted by atomic mass is 10.1. The van der Waals surface area contributed by atoms with Crippen molar-refractivity contribution < 1.29 is 9.53 Å². The van der Waals surface area contributed by atoms with Crippen molar-refractivity contribution >= 4 is 34.2 Å². The average Bonchev–Trinajstić information content (AvgIpc) is 3.07. The first-order chi connectivity index (χ1) is 14.1. The first-order valence-corrected chi connectivity index (χ1v) is 9.62. The summed E-state index contributed by atoms with van der Waals surface area (Å²) in [5, 5.41) is 3.63. The zero-order valence-electron chi connectivity index (χ0n) is 15.9. The van der Waals surface area contributed by atoms with E-state index in [0.717, 1.165) is 22.4 Å². The fourth-order valence-corrected chi connectivity index (χ4v) is 3.39. The fraction of sp³-hybridized carbons (Fsp3) is 0.130. The number of hydrogen-bond donors (Lipinski definition) is 1. The molecule has 0 aliphatic rings. The van der Waals surface area contributed by atoms with Gasteiger partial charge in [0.2, 0.25) is 5.91 Å². The van der Waals surface area contributed by atoms with E-state index in [1.165, 1.54) is 0 Å². The molecule has 0 fully saturated rings. The van der Waals surface area contributed by atoms with Gasteiger partial charge < -0.3 is 14.6 Å². The number of anilines is 1. The molecule has 0 aliphatic carbocycles. The Morgan fingerprint density at radius 2 is 1.86 bits per heavy atom. The summed E-state index contributed by atoms with van der Waals surface area (Å²) >= 11 is 5.99. The number of rotatable bonds is 6. The molecule has 3 aromatic carbocycles. The van der Waals surface area contributed by atoms with Gasteiger partial charge in [0, 0.05) is 23.2 Å². The third-order valence-corrected chi connectivity index (χ3v) is 4.92. The second-order valence-corrected chi connectivity index (χ2v) is 7.12. The smallest absolute Gasteiger partial charge is 0.244 e. The van der Waals surface area contributed by atoms with Crippen LogP contribution in [0.4, 0.5) is 5.69 Å². The quantitative estimate of drug-likeness (QED) is 0.495. The van der Waals surface area contributed by atoms with E-state index >= 15 is 0 Å². The van der Waals surface area contributed by atoms with Gasteiger partial charge in [-0.3, -0.25) is 4.79 Å². The molecule has 1 N–H and O–H groups in total. The van der Waals surface area contributed by atoms with Crippen molar-refractivity contribution in [2.75, 3.05) is 12.4 Å². The summed E-state index contributed by atoms with van der Waals surface area (Å²) in [6.07, 6.45) is 0.609. The molecule has 6 heteroatoms. The van der Waals surface area contributed by atoms with Crippen molar-refractivity contribution in [1.29, 1.82) is 0 Å². The molecular weight excluding hydrogens is 386 g/mol. The van der Waals surface area contributed by atoms with Gasteiger partial charge in [-0.15, -0.1) is 0 Å². The maximum Gasteiger partial charge on any atom is 0.244 e. The van der Waals surface area contributed by atoms with E-state index in [4.69, 9.17) is 21.3 Å². The number of nitrogens with one attached hydrogen (secondary N) is 1. The number of benzene rings is 3. The Balaban J connectivity index is 1.61. The predicted molar refractivity (Wildman–Crippen MR) is 116 cm³/mol. The highest BCUT2D eigenvalue weighted by molar-refractivity contribution is 6.30. The number of ether oxygens (including phenoxy) is 1. The Kier molecular flexibility index (Phi) is 5.49. The summed E-state index contributed by atoms with van der Waals surface area (Å²) in [4.78, 5) is 17.5. The lowest BCUT2D eigenvalue weighted by molar-refractivity contribution is -0.116. The lowest BCUT2D eigenvalue weighted by Gasteiger charge is -2.11. The SMILES string of the molecule is COc1cccc(NC(=O)Cn2c(Cc3ccc(Cl)cc3)nc3ccccc32)c1. The van der Waals surface area contributed by atoms with Gasteiger partial charge in [-0.2, -0.15) is 0 Å². The van der Waals surface area contributed by atoms with E-state index in [-0.39, 0.29) is 12.5 Å². The Bertz CT molecular complexity index is 1150. The fourth-order valence-electron chi connectivity index (χ4n) is 3.27. The summed E-state index contributed by atoms with van der Waals surface area (Å²) in [5.41, 5.74) is 3.57. The second kappa shape index (κ2) is 8.37. The van der Waals surface area contributed by atoms with Crippen LogP contribution in [0, 0.1) is 0 Å². The van der Waals surface area contributed by atoms with Crippen LogP contribution in [-0.4, -0.2) is 22.6 Å². The van der Waals surface area contributed by atoms with Crippen LogP contribution in [0.15, 0.2) is 72.8 Å². The van der Waals surface area contributed by atoms with E-state index in [9.17, 15) is 4.79 Å². The normalized spacial score (nSPS) is 10.8. The molecule has 5 nitrogen and oxygen atoms in total. The zero-order chi connectivity index (χ0) is 20.2. The van der Waals surface area contributed by atoms with Gasteiger partial charge in [0.1, 0.15) is 18.1 Å². The molecule has 4 rings (SSSR count). The Morgan fingerprint density at radius 3 is 2.66 bits per heavy atom. The van der Waals surface area contributed by atoms with Crippen LogP contribution in [0.5, 0.6) is 5.75 Å². The van der Waals surface area contributed by atoms with Crippen LogP contribution in [-0.2, 0) is 17.8 Å². The molecular formula is C23H20ClN3O2. The van der Waals surface area contributed by atoms with Gasteiger partial charge in [0.15, 0.2) is 0 Å². The van der Waals surface area contributed by atoms with Gasteiger partial charge >= 0.3 is 0 Å². The molecule has 1 heterocycles. The average molecular weight is 406 g/mol. The van der Waals surface area contributed by atoms with Crippen LogP contribution in [0.2, 0.25) is 5.02 Å². The van der Waals surface area contributed by atoms with E-state index < -0.39 is 0 Å². The molecule has 0 unspecified atom stereocenters. The number of halogens is 1. The summed E-state index contributed by atoms with van der Waals surface area (Å²) in [6.45, 7) is 0.167. The molecule has 0 atom stereocenters. The van der Waals surface area contributed by atoms with E-state index in [1.54, 1.807) is 13.2 Å². The number of methoxy groups -OCH3 is 1. The maximum absolute atomic E-state index is 12.8. The van der Waals surface area contributed by atoms with E-state index in [2.05, 4.69) is 5.32 Å². The summed E-state index contributed by atoms with van der Waals surface area (Å²) in [7, 11) is 1.60. The highest BCUT2D eigenvalue weighted by atomic mass is 35.5. The van der Waals surface area contributed by atoms with Crippen LogP contribution >= 0.6 is 11.6 Å². The first kappa shape index (κ1) is 19.0. The van der Waals surface area contributed by atoms with Gasteiger partial charge in [-0.05, 0) is 42.0 Å². The minimum Gasteiger partial charge on any atom is -0.497 e. The minimum absolute atomic E-state index is 0.126. The predicted octanol–water partition coefficient (Wildman–Crippen LogP) is 4.93. The highest BCUT2D eigenvalue weighted by Crippen LogP contribution is 2.21. The summed E-state index contributed by atoms with van der Waals surface area (Å²) < 4.78 is 7.18. The van der Waals surface area contributed by atoms with Gasteiger partial charge in [0.25, 0.3) is 0 Å². The molecule has 0 spiro atoms. The summed E-state index contributed by atoms with van der Waals surface area (Å²) in [6, 6.07) is 22.8. The van der Waals surface area contributed by atoms with Gasteiger partial charge in [-0.25, -0.2) is 4.98 Å². The number of amides is 1. The van der Waals surface area contributed by atoms with Crippen molar-refractivity contribution in [3.63, 3.8) is 0 Å². The first-order valence-electron chi connectivity index (χ1n) is 9.25. The lowest BCUT2D eigenvalue weighted by Crippen LogP contribution is -2.20. The molecule has 0 aliphatic heterocycles. The molecule has 4 aromatic rings. The minimum atomic E-state index is -0.126. The molecule has 0 bridgehead atoms. The van der Waals surface area contributed by atoms with Crippen molar-refractivity contribution in [1.82, 2.24) is 9.55 Å². The van der Waals surface area contributed by atoms with Crippen LogP contribution in [0.3, 0.4) is 0 Å². The monoisotopic (exact) mass is 405 g/mol. The number of carbonyl (C=O) groups is 1. The molecule has 1 aromatic heterocycles. The van der Waals surface area contributed by atoms with E-state index in [0.29, 0.717) is 22.9 Å². The summed E-state index contributed by atoms with van der Waals surface area (Å²) in [5.74, 6) is 1.40. The highest BCUT2D eigenvalue weighted by Gasteiger charge is 2.14. The number of hydrogen-bond acceptors (Lipinski definition) is 3. The van der Waals surface area contributed by atoms with Gasteiger partial charge in [-0.1, -0.05) is 41.9 Å². The van der Waals surface area contributed by atoms with Gasteiger partial charge in [0.05, 0.1) is 18.1 Å². The number of fused-ring (bicyclic) bond motifs is 1. The number of nitrogens with zero attached hydrogens (tertiary/aromatic N) is 2. The standard InChI is InChI=1S/C23H20ClN3O2/c1-29-19-6-4-5-18(14-19)25-23(28)15-27-21-8-3-2-7-20(21)26-22(27)13-16-9-11-17(24)12-10-16/h2-12,14H,13,15H2,1H3,(H,25,28). The van der Waals surface area contributed by atoms with Crippen molar-refractivity contribution in [3.05, 3.63) is 89.2 Å². The number of para-hydroxylation sites is 2. The Morgan fingerprint density at radius 1 is 1.07 bits per heavy atom. The van der Waals surface area contributed by atoms with E-state index in [1.807, 2.05) is 71.3 Å². The van der Waals surface area contributed by atoms with Crippen molar-refractivity contribution in [2.45, 2.75) is 13.0 Å².